The van der Waals surface area contributed by atoms with Gasteiger partial charge < -0.3 is 15.4 Å². The third-order valence-corrected chi connectivity index (χ3v) is 4.95. The minimum absolute atomic E-state index is 0.0555. The van der Waals surface area contributed by atoms with E-state index in [2.05, 4.69) is 20.6 Å². The van der Waals surface area contributed by atoms with Crippen molar-refractivity contribution in [1.82, 2.24) is 19.6 Å². The van der Waals surface area contributed by atoms with E-state index in [1.165, 1.54) is 10.9 Å². The number of piperazine rings is 1. The monoisotopic (exact) mass is 428 g/mol. The fourth-order valence-corrected chi connectivity index (χ4v) is 3.35. The topological polar surface area (TPSA) is 109 Å². The maximum Gasteiger partial charge on any atom is 0.343 e. The van der Waals surface area contributed by atoms with Crippen molar-refractivity contribution in [3.05, 3.63) is 42.1 Å². The van der Waals surface area contributed by atoms with Gasteiger partial charge in [0, 0.05) is 38.9 Å². The number of rotatable bonds is 8. The molecule has 10 heteroatoms. The number of hydrogen-bond donors (Lipinski definition) is 2. The van der Waals surface area contributed by atoms with E-state index >= 15 is 0 Å². The van der Waals surface area contributed by atoms with Crippen molar-refractivity contribution in [3.63, 3.8) is 0 Å². The van der Waals surface area contributed by atoms with E-state index < -0.39 is 5.97 Å². The smallest absolute Gasteiger partial charge is 0.343 e. The fourth-order valence-electron chi connectivity index (χ4n) is 3.35. The molecule has 0 radical (unpaired) electrons. The first-order valence-corrected chi connectivity index (χ1v) is 10.2. The molecule has 0 bridgehead atoms. The summed E-state index contributed by atoms with van der Waals surface area (Å²) in [7, 11) is 1.65. The highest BCUT2D eigenvalue weighted by Crippen LogP contribution is 2.15. The van der Waals surface area contributed by atoms with Gasteiger partial charge in [0.25, 0.3) is 0 Å². The van der Waals surface area contributed by atoms with Crippen molar-refractivity contribution in [2.75, 3.05) is 56.5 Å². The number of anilines is 2. The highest BCUT2D eigenvalue weighted by Gasteiger charge is 2.23. The zero-order valence-corrected chi connectivity index (χ0v) is 17.8. The highest BCUT2D eigenvalue weighted by molar-refractivity contribution is 6.00. The van der Waals surface area contributed by atoms with Crippen LogP contribution in [0.2, 0.25) is 0 Å². The Bertz CT molecular complexity index is 906. The first kappa shape index (κ1) is 22.4. The number of para-hydroxylation sites is 1. The second-order valence-electron chi connectivity index (χ2n) is 7.27. The number of aromatic nitrogens is 2. The molecule has 0 atom stereocenters. The molecule has 2 N–H and O–H groups in total. The van der Waals surface area contributed by atoms with Gasteiger partial charge in [0.2, 0.25) is 11.8 Å². The molecule has 3 rings (SSSR count). The molecule has 0 spiro atoms. The molecule has 2 aromatic rings. The predicted octanol–water partition coefficient (Wildman–Crippen LogP) is 0.792. The Morgan fingerprint density at radius 3 is 2.13 bits per heavy atom. The van der Waals surface area contributed by atoms with Crippen LogP contribution >= 0.6 is 0 Å². The average Bonchev–Trinajstić information content (AvgIpc) is 3.10. The maximum atomic E-state index is 12.5. The zero-order chi connectivity index (χ0) is 22.2. The number of nitrogens with one attached hydrogen (secondary N) is 2. The Kier molecular flexibility index (Phi) is 7.74. The van der Waals surface area contributed by atoms with Gasteiger partial charge in [0.05, 0.1) is 25.9 Å². The summed E-state index contributed by atoms with van der Waals surface area (Å²) in [5.41, 5.74) is 1.01. The molecule has 10 nitrogen and oxygen atoms in total. The van der Waals surface area contributed by atoms with Crippen molar-refractivity contribution < 1.29 is 19.1 Å². The summed E-state index contributed by atoms with van der Waals surface area (Å²) in [5, 5.41) is 9.67. The van der Waals surface area contributed by atoms with Gasteiger partial charge >= 0.3 is 5.97 Å². The predicted molar refractivity (Wildman–Crippen MR) is 116 cm³/mol. The van der Waals surface area contributed by atoms with Crippen LogP contribution in [-0.2, 0) is 21.4 Å². The van der Waals surface area contributed by atoms with Crippen LogP contribution in [0, 0.1) is 0 Å². The van der Waals surface area contributed by atoms with Crippen LogP contribution in [0.5, 0.6) is 0 Å². The molecular formula is C21H28N6O4. The van der Waals surface area contributed by atoms with Gasteiger partial charge in [-0.3, -0.25) is 24.1 Å². The summed E-state index contributed by atoms with van der Waals surface area (Å²) in [6.07, 6.45) is 1.38. The number of benzene rings is 1. The molecule has 2 heterocycles. The molecule has 1 aromatic heterocycles. The van der Waals surface area contributed by atoms with Gasteiger partial charge in [-0.25, -0.2) is 4.79 Å². The molecular weight excluding hydrogens is 400 g/mol. The van der Waals surface area contributed by atoms with E-state index in [4.69, 9.17) is 4.74 Å². The van der Waals surface area contributed by atoms with Crippen molar-refractivity contribution >= 4 is 29.3 Å². The van der Waals surface area contributed by atoms with Crippen molar-refractivity contribution in [3.8, 4) is 0 Å². The summed E-state index contributed by atoms with van der Waals surface area (Å²) in [4.78, 5) is 40.8. The van der Waals surface area contributed by atoms with Gasteiger partial charge in [-0.05, 0) is 19.1 Å². The summed E-state index contributed by atoms with van der Waals surface area (Å²) < 4.78 is 6.44. The van der Waals surface area contributed by atoms with Gasteiger partial charge in [-0.2, -0.15) is 5.10 Å². The van der Waals surface area contributed by atoms with Crippen LogP contribution in [0.1, 0.15) is 17.3 Å². The maximum absolute atomic E-state index is 12.5. The molecule has 0 unspecified atom stereocenters. The number of amides is 2. The van der Waals surface area contributed by atoms with E-state index in [0.29, 0.717) is 38.5 Å². The van der Waals surface area contributed by atoms with Crippen LogP contribution in [0.25, 0.3) is 0 Å². The summed E-state index contributed by atoms with van der Waals surface area (Å²) in [6, 6.07) is 9.35. The third kappa shape index (κ3) is 6.37. The summed E-state index contributed by atoms with van der Waals surface area (Å²) in [5.74, 6) is -0.488. The zero-order valence-electron chi connectivity index (χ0n) is 17.8. The lowest BCUT2D eigenvalue weighted by atomic mass is 10.3. The number of carbonyl (C=O) groups excluding carboxylic acids is 3. The Hall–Kier alpha value is -3.24. The number of hydrogen-bond acceptors (Lipinski definition) is 7. The van der Waals surface area contributed by atoms with Gasteiger partial charge in [0.15, 0.2) is 0 Å². The Labute approximate surface area is 181 Å². The fraction of sp³-hybridized carbons (Fsp3) is 0.429. The van der Waals surface area contributed by atoms with Crippen molar-refractivity contribution in [1.29, 1.82) is 0 Å². The minimum atomic E-state index is -0.520. The Morgan fingerprint density at radius 1 is 0.968 bits per heavy atom. The number of nitrogens with zero attached hydrogens (tertiary/aromatic N) is 4. The summed E-state index contributed by atoms with van der Waals surface area (Å²) in [6.45, 7) is 5.19. The van der Waals surface area contributed by atoms with Crippen LogP contribution in [0.3, 0.4) is 0 Å². The van der Waals surface area contributed by atoms with Gasteiger partial charge in [-0.15, -0.1) is 0 Å². The average molecular weight is 428 g/mol. The SMILES string of the molecule is CCOC(=O)c1cnn(C)c1NC(=O)CN1CCN(CC(=O)Nc2ccccc2)CC1. The van der Waals surface area contributed by atoms with Gasteiger partial charge in [-0.1, -0.05) is 18.2 Å². The van der Waals surface area contributed by atoms with Crippen LogP contribution in [0.15, 0.2) is 36.5 Å². The molecule has 0 aliphatic carbocycles. The molecule has 1 aliphatic rings. The van der Waals surface area contributed by atoms with Gasteiger partial charge in [0.1, 0.15) is 11.4 Å². The molecule has 1 saturated heterocycles. The van der Waals surface area contributed by atoms with E-state index in [1.54, 1.807) is 14.0 Å². The second kappa shape index (κ2) is 10.7. The Morgan fingerprint density at radius 2 is 1.55 bits per heavy atom. The minimum Gasteiger partial charge on any atom is -0.462 e. The number of aryl methyl sites for hydroxylation is 1. The second-order valence-corrected chi connectivity index (χ2v) is 7.27. The van der Waals surface area contributed by atoms with Crippen molar-refractivity contribution in [2.24, 2.45) is 7.05 Å². The number of carbonyl (C=O) groups is 3. The van der Waals surface area contributed by atoms with Crippen LogP contribution < -0.4 is 10.6 Å². The summed E-state index contributed by atoms with van der Waals surface area (Å²) >= 11 is 0. The normalized spacial score (nSPS) is 14.8. The lowest BCUT2D eigenvalue weighted by Gasteiger charge is -2.33. The molecule has 166 valence electrons. The molecule has 1 fully saturated rings. The standard InChI is InChI=1S/C21H28N6O4/c1-3-31-21(30)17-13-22-25(2)20(17)24-19(29)15-27-11-9-26(10-12-27)14-18(28)23-16-7-5-4-6-8-16/h4-8,13H,3,9-12,14-15H2,1-2H3,(H,23,28)(H,24,29). The lowest BCUT2D eigenvalue weighted by molar-refractivity contribution is -0.120. The molecule has 1 aromatic carbocycles. The van der Waals surface area contributed by atoms with E-state index in [1.807, 2.05) is 35.2 Å². The lowest BCUT2D eigenvalue weighted by Crippen LogP contribution is -2.50. The molecule has 1 aliphatic heterocycles. The highest BCUT2D eigenvalue weighted by atomic mass is 16.5. The van der Waals surface area contributed by atoms with Crippen LogP contribution in [0.4, 0.5) is 11.5 Å². The van der Waals surface area contributed by atoms with E-state index in [-0.39, 0.29) is 30.5 Å². The first-order chi connectivity index (χ1) is 15.0. The quantitative estimate of drug-likeness (QED) is 0.599. The molecule has 31 heavy (non-hydrogen) atoms. The first-order valence-electron chi connectivity index (χ1n) is 10.2. The number of esters is 1. The van der Waals surface area contributed by atoms with E-state index in [9.17, 15) is 14.4 Å². The largest absolute Gasteiger partial charge is 0.462 e. The molecule has 0 saturated carbocycles. The third-order valence-electron chi connectivity index (χ3n) is 4.95. The Balaban J connectivity index is 1.44. The number of ether oxygens (including phenoxy) is 1. The van der Waals surface area contributed by atoms with Crippen LogP contribution in [-0.4, -0.2) is 83.2 Å². The molecule has 2 amide bonds. The van der Waals surface area contributed by atoms with Crippen molar-refractivity contribution in [2.45, 2.75) is 6.92 Å². The van der Waals surface area contributed by atoms with E-state index in [0.717, 1.165) is 5.69 Å².